The second-order valence-corrected chi connectivity index (χ2v) is 7.29. The molecule has 1 aliphatic rings. The lowest BCUT2D eigenvalue weighted by Gasteiger charge is -2.12. The minimum atomic E-state index is -0.534. The van der Waals surface area contributed by atoms with E-state index in [0.717, 1.165) is 0 Å². The lowest BCUT2D eigenvalue weighted by atomic mass is 10.1. The third-order valence-corrected chi connectivity index (χ3v) is 5.42. The number of thioether (sulfide) groups is 1. The van der Waals surface area contributed by atoms with Crippen LogP contribution in [0.1, 0.15) is 22.8 Å². The van der Waals surface area contributed by atoms with Crippen molar-refractivity contribution < 1.29 is 24.0 Å². The molecule has 0 radical (unpaired) electrons. The van der Waals surface area contributed by atoms with Crippen molar-refractivity contribution in [2.75, 3.05) is 20.8 Å². The highest BCUT2D eigenvalue weighted by molar-refractivity contribution is 8.18. The number of nitrogens with zero attached hydrogens (tertiary/aromatic N) is 3. The van der Waals surface area contributed by atoms with Gasteiger partial charge in [-0.1, -0.05) is 6.07 Å². The summed E-state index contributed by atoms with van der Waals surface area (Å²) < 4.78 is 9.69. The normalized spacial score (nSPS) is 16.1. The van der Waals surface area contributed by atoms with Gasteiger partial charge in [0.15, 0.2) is 10.9 Å². The molecule has 31 heavy (non-hydrogen) atoms. The largest absolute Gasteiger partial charge is 0.490 e. The quantitative estimate of drug-likeness (QED) is 0.288. The average molecular weight is 441 g/mol. The van der Waals surface area contributed by atoms with Crippen LogP contribution in [0.3, 0.4) is 0 Å². The number of rotatable bonds is 6. The lowest BCUT2D eigenvalue weighted by molar-refractivity contribution is -0.385. The molecule has 0 aliphatic carbocycles. The molecular formula is C21H19N3O6S. The van der Waals surface area contributed by atoms with Crippen molar-refractivity contribution in [2.24, 2.45) is 4.99 Å². The average Bonchev–Trinajstić information content (AvgIpc) is 3.07. The molecular weight excluding hydrogens is 422 g/mol. The first-order valence-corrected chi connectivity index (χ1v) is 10.0. The van der Waals surface area contributed by atoms with Crippen LogP contribution in [0.5, 0.6) is 5.75 Å². The first kappa shape index (κ1) is 22.0. The first-order valence-electron chi connectivity index (χ1n) is 9.18. The number of amides is 1. The van der Waals surface area contributed by atoms with Crippen LogP contribution in [-0.2, 0) is 9.53 Å². The van der Waals surface area contributed by atoms with Crippen LogP contribution in [0.4, 0.5) is 11.4 Å². The molecule has 3 rings (SSSR count). The van der Waals surface area contributed by atoms with E-state index in [1.165, 1.54) is 43.0 Å². The maximum Gasteiger partial charge on any atom is 0.337 e. The Morgan fingerprint density at radius 3 is 2.52 bits per heavy atom. The predicted molar refractivity (Wildman–Crippen MR) is 117 cm³/mol. The van der Waals surface area contributed by atoms with Crippen LogP contribution >= 0.6 is 11.8 Å². The van der Waals surface area contributed by atoms with E-state index in [1.54, 1.807) is 36.4 Å². The fourth-order valence-corrected chi connectivity index (χ4v) is 3.92. The molecule has 9 nitrogen and oxygen atoms in total. The molecule has 2 aromatic rings. The molecule has 160 valence electrons. The second-order valence-electron chi connectivity index (χ2n) is 6.28. The van der Waals surface area contributed by atoms with Crippen molar-refractivity contribution in [3.05, 3.63) is 68.6 Å². The van der Waals surface area contributed by atoms with Crippen molar-refractivity contribution >= 4 is 46.3 Å². The number of benzene rings is 2. The molecule has 0 atom stereocenters. The summed E-state index contributed by atoms with van der Waals surface area (Å²) >= 11 is 1.18. The lowest BCUT2D eigenvalue weighted by Crippen LogP contribution is -2.28. The Hall–Kier alpha value is -3.66. The van der Waals surface area contributed by atoms with Crippen LogP contribution < -0.4 is 4.74 Å². The number of aliphatic imine (C=N–C) groups is 1. The molecule has 1 heterocycles. The van der Waals surface area contributed by atoms with Crippen molar-refractivity contribution in [1.82, 2.24) is 4.90 Å². The maximum absolute atomic E-state index is 12.8. The molecule has 1 amide bonds. The zero-order valence-corrected chi connectivity index (χ0v) is 17.8. The molecule has 0 N–H and O–H groups in total. The fourth-order valence-electron chi connectivity index (χ4n) is 2.86. The van der Waals surface area contributed by atoms with E-state index in [-0.39, 0.29) is 17.3 Å². The monoisotopic (exact) mass is 441 g/mol. The highest BCUT2D eigenvalue weighted by atomic mass is 32.2. The molecule has 1 aliphatic heterocycles. The standard InChI is InChI=1S/C21H19N3O6S/c1-4-23-19(25)18(12-13-5-10-17(29-2)16(11-13)24(27)28)31-21(23)22-15-8-6-14(7-9-15)20(26)30-3/h5-12H,4H2,1-3H3/b18-12+,22-21?. The third kappa shape index (κ3) is 4.75. The van der Waals surface area contributed by atoms with Crippen LogP contribution in [-0.4, -0.2) is 47.6 Å². The minimum Gasteiger partial charge on any atom is -0.490 e. The van der Waals surface area contributed by atoms with Gasteiger partial charge < -0.3 is 9.47 Å². The number of esters is 1. The number of nitro groups is 1. The Morgan fingerprint density at radius 2 is 1.94 bits per heavy atom. The van der Waals surface area contributed by atoms with E-state index in [4.69, 9.17) is 4.74 Å². The van der Waals surface area contributed by atoms with Crippen molar-refractivity contribution in [3.63, 3.8) is 0 Å². The zero-order valence-electron chi connectivity index (χ0n) is 17.0. The van der Waals surface area contributed by atoms with Crippen molar-refractivity contribution in [2.45, 2.75) is 6.92 Å². The molecule has 1 fully saturated rings. The number of carbonyl (C=O) groups excluding carboxylic acids is 2. The zero-order chi connectivity index (χ0) is 22.5. The molecule has 0 aromatic heterocycles. The summed E-state index contributed by atoms with van der Waals surface area (Å²) in [7, 11) is 2.66. The minimum absolute atomic E-state index is 0.144. The Balaban J connectivity index is 1.91. The highest BCUT2D eigenvalue weighted by Crippen LogP contribution is 2.35. The van der Waals surface area contributed by atoms with Gasteiger partial charge in [-0.2, -0.15) is 0 Å². The summed E-state index contributed by atoms with van der Waals surface area (Å²) in [5, 5.41) is 11.7. The maximum atomic E-state index is 12.8. The van der Waals surface area contributed by atoms with Gasteiger partial charge >= 0.3 is 11.7 Å². The third-order valence-electron chi connectivity index (χ3n) is 4.41. The van der Waals surface area contributed by atoms with E-state index in [1.807, 2.05) is 6.92 Å². The van der Waals surface area contributed by atoms with Gasteiger partial charge in [0, 0.05) is 12.6 Å². The predicted octanol–water partition coefficient (Wildman–Crippen LogP) is 4.01. The molecule has 0 saturated carbocycles. The van der Waals surface area contributed by atoms with Crippen LogP contribution in [0.25, 0.3) is 6.08 Å². The molecule has 0 bridgehead atoms. The Morgan fingerprint density at radius 1 is 1.23 bits per heavy atom. The molecule has 0 spiro atoms. The van der Waals surface area contributed by atoms with E-state index >= 15 is 0 Å². The molecule has 2 aromatic carbocycles. The molecule has 0 unspecified atom stereocenters. The van der Waals surface area contributed by atoms with Gasteiger partial charge in [-0.15, -0.1) is 0 Å². The number of hydrogen-bond acceptors (Lipinski definition) is 8. The number of amidine groups is 1. The molecule has 1 saturated heterocycles. The number of hydrogen-bond donors (Lipinski definition) is 0. The number of likely N-dealkylation sites (N-methyl/N-ethyl adjacent to an activating group) is 1. The SMILES string of the molecule is CCN1C(=O)/C(=C\c2ccc(OC)c([N+](=O)[O-])c2)SC1=Nc1ccc(C(=O)OC)cc1. The van der Waals surface area contributed by atoms with Gasteiger partial charge in [0.1, 0.15) is 0 Å². The van der Waals surface area contributed by atoms with Gasteiger partial charge in [0.05, 0.1) is 35.3 Å². The Kier molecular flexibility index (Phi) is 6.71. The Labute approximate surface area is 182 Å². The van der Waals surface area contributed by atoms with Gasteiger partial charge in [-0.25, -0.2) is 9.79 Å². The van der Waals surface area contributed by atoms with E-state index in [0.29, 0.717) is 33.4 Å². The number of ether oxygens (including phenoxy) is 2. The Bertz CT molecular complexity index is 1090. The van der Waals surface area contributed by atoms with Crippen LogP contribution in [0.2, 0.25) is 0 Å². The second kappa shape index (κ2) is 9.43. The number of nitro benzene ring substituents is 1. The van der Waals surface area contributed by atoms with E-state index in [9.17, 15) is 19.7 Å². The van der Waals surface area contributed by atoms with Crippen LogP contribution in [0, 0.1) is 10.1 Å². The topological polar surface area (TPSA) is 111 Å². The smallest absolute Gasteiger partial charge is 0.337 e. The van der Waals surface area contributed by atoms with E-state index < -0.39 is 10.9 Å². The number of methoxy groups -OCH3 is 2. The summed E-state index contributed by atoms with van der Waals surface area (Å²) in [6.07, 6.45) is 1.59. The summed E-state index contributed by atoms with van der Waals surface area (Å²) in [6.45, 7) is 2.24. The van der Waals surface area contributed by atoms with E-state index in [2.05, 4.69) is 9.73 Å². The van der Waals surface area contributed by atoms with Crippen molar-refractivity contribution in [1.29, 1.82) is 0 Å². The molecule has 10 heteroatoms. The van der Waals surface area contributed by atoms with Gasteiger partial charge in [0.25, 0.3) is 5.91 Å². The highest BCUT2D eigenvalue weighted by Gasteiger charge is 2.32. The van der Waals surface area contributed by atoms with Crippen LogP contribution in [0.15, 0.2) is 52.4 Å². The van der Waals surface area contributed by atoms with Gasteiger partial charge in [0.2, 0.25) is 0 Å². The fraction of sp³-hybridized carbons (Fsp3) is 0.190. The number of carbonyl (C=O) groups is 2. The summed E-state index contributed by atoms with van der Waals surface area (Å²) in [5.41, 5.74) is 1.29. The summed E-state index contributed by atoms with van der Waals surface area (Å²) in [5.74, 6) is -0.542. The van der Waals surface area contributed by atoms with Gasteiger partial charge in [-0.3, -0.25) is 19.8 Å². The summed E-state index contributed by atoms with van der Waals surface area (Å²) in [4.78, 5) is 41.5. The van der Waals surface area contributed by atoms with Gasteiger partial charge in [-0.05, 0) is 60.7 Å². The first-order chi connectivity index (χ1) is 14.9. The summed E-state index contributed by atoms with van der Waals surface area (Å²) in [6, 6.07) is 11.0. The van der Waals surface area contributed by atoms with Crippen molar-refractivity contribution in [3.8, 4) is 5.75 Å².